The largest absolute Gasteiger partial charge is 0.383 e. The first-order chi connectivity index (χ1) is 10.3. The number of hydrogen-bond acceptors (Lipinski definition) is 6. The molecule has 1 aromatic heterocycles. The van der Waals surface area contributed by atoms with Crippen LogP contribution in [-0.4, -0.2) is 58.5 Å². The third kappa shape index (κ3) is 4.25. The Labute approximate surface area is 129 Å². The molecule has 0 aromatic carbocycles. The van der Waals surface area contributed by atoms with Crippen LogP contribution in [0.25, 0.3) is 0 Å². The minimum absolute atomic E-state index is 0.0483. The number of rotatable bonds is 6. The van der Waals surface area contributed by atoms with Gasteiger partial charge in [-0.05, 0) is 13.8 Å². The van der Waals surface area contributed by atoms with E-state index in [1.807, 2.05) is 13.8 Å². The van der Waals surface area contributed by atoms with Gasteiger partial charge in [-0.2, -0.15) is 0 Å². The third-order valence-electron chi connectivity index (χ3n) is 3.62. The molecule has 124 valence electrons. The molecule has 1 saturated heterocycles. The molecule has 1 amide bonds. The number of hydrogen-bond donors (Lipinski definition) is 2. The van der Waals surface area contributed by atoms with Crippen molar-refractivity contribution in [2.45, 2.75) is 44.4 Å². The second kappa shape index (κ2) is 6.72. The van der Waals surface area contributed by atoms with E-state index in [1.165, 1.54) is 4.68 Å². The highest BCUT2D eigenvalue weighted by molar-refractivity contribution is 5.76. The molecule has 2 rings (SSSR count). The number of carbonyl (C=O) groups is 1. The van der Waals surface area contributed by atoms with Crippen molar-refractivity contribution in [1.29, 1.82) is 0 Å². The average molecular weight is 312 g/mol. The lowest BCUT2D eigenvalue weighted by Gasteiger charge is -2.29. The van der Waals surface area contributed by atoms with E-state index in [4.69, 9.17) is 9.47 Å². The number of nitrogens with zero attached hydrogens (tertiary/aromatic N) is 3. The molecule has 22 heavy (non-hydrogen) atoms. The van der Waals surface area contributed by atoms with Crippen molar-refractivity contribution >= 4 is 5.91 Å². The van der Waals surface area contributed by atoms with Crippen molar-refractivity contribution in [2.24, 2.45) is 0 Å². The molecule has 8 nitrogen and oxygen atoms in total. The number of ether oxygens (including phenoxy) is 2. The quantitative estimate of drug-likeness (QED) is 0.756. The summed E-state index contributed by atoms with van der Waals surface area (Å²) in [4.78, 5) is 12.0. The lowest BCUT2D eigenvalue weighted by molar-refractivity contribution is -0.124. The second-order valence-corrected chi connectivity index (χ2v) is 6.31. The lowest BCUT2D eigenvalue weighted by Crippen LogP contribution is -2.48. The first kappa shape index (κ1) is 16.9. The molecule has 1 fully saturated rings. The van der Waals surface area contributed by atoms with Crippen LogP contribution in [-0.2, 0) is 26.4 Å². The van der Waals surface area contributed by atoms with Crippen LogP contribution in [0.5, 0.6) is 0 Å². The summed E-state index contributed by atoms with van der Waals surface area (Å²) in [5.41, 5.74) is -0.976. The molecule has 0 saturated carbocycles. The fourth-order valence-electron chi connectivity index (χ4n) is 2.52. The lowest BCUT2D eigenvalue weighted by atomic mass is 9.91. The molecule has 2 N–H and O–H groups in total. The van der Waals surface area contributed by atoms with E-state index < -0.39 is 11.1 Å². The Balaban J connectivity index is 1.95. The Kier molecular flexibility index (Phi) is 5.15. The topological polar surface area (TPSA) is 98.5 Å². The molecular formula is C14H24N4O4. The molecule has 1 aliphatic rings. The van der Waals surface area contributed by atoms with Crippen molar-refractivity contribution in [3.63, 3.8) is 0 Å². The van der Waals surface area contributed by atoms with Gasteiger partial charge in [0.1, 0.15) is 17.8 Å². The van der Waals surface area contributed by atoms with Gasteiger partial charge >= 0.3 is 0 Å². The zero-order chi connectivity index (χ0) is 16.2. The molecule has 0 radical (unpaired) electrons. The number of aromatic nitrogens is 3. The highest BCUT2D eigenvalue weighted by Gasteiger charge is 2.34. The van der Waals surface area contributed by atoms with Crippen molar-refractivity contribution in [1.82, 2.24) is 20.3 Å². The van der Waals surface area contributed by atoms with Crippen molar-refractivity contribution in [3.8, 4) is 0 Å². The van der Waals surface area contributed by atoms with Gasteiger partial charge in [-0.3, -0.25) is 4.79 Å². The summed E-state index contributed by atoms with van der Waals surface area (Å²) in [6.45, 7) is 5.22. The number of carbonyl (C=O) groups excluding carboxylic acids is 1. The highest BCUT2D eigenvalue weighted by atomic mass is 16.5. The van der Waals surface area contributed by atoms with Gasteiger partial charge in [0, 0.05) is 33.2 Å². The molecule has 0 atom stereocenters. The maximum Gasteiger partial charge on any atom is 0.242 e. The number of amides is 1. The zero-order valence-corrected chi connectivity index (χ0v) is 13.3. The molecule has 0 aliphatic carbocycles. The van der Waals surface area contributed by atoms with E-state index in [9.17, 15) is 9.90 Å². The summed E-state index contributed by atoms with van der Waals surface area (Å²) >= 11 is 0. The fourth-order valence-corrected chi connectivity index (χ4v) is 2.52. The van der Waals surface area contributed by atoms with Crippen LogP contribution in [0.15, 0.2) is 6.20 Å². The summed E-state index contributed by atoms with van der Waals surface area (Å²) in [5.74, 6) is -0.183. The van der Waals surface area contributed by atoms with E-state index >= 15 is 0 Å². The SMILES string of the molecule is COCC(C)(C)NC(=O)Cn1cc(C2(O)CCOCC2)nn1. The summed E-state index contributed by atoms with van der Waals surface area (Å²) in [7, 11) is 1.59. The zero-order valence-electron chi connectivity index (χ0n) is 13.3. The Morgan fingerprint density at radius 2 is 2.23 bits per heavy atom. The van der Waals surface area contributed by atoms with Crippen LogP contribution in [0.4, 0.5) is 0 Å². The van der Waals surface area contributed by atoms with Gasteiger partial charge in [0.15, 0.2) is 0 Å². The molecule has 0 bridgehead atoms. The van der Waals surface area contributed by atoms with Crippen LogP contribution in [0.1, 0.15) is 32.4 Å². The summed E-state index contributed by atoms with van der Waals surface area (Å²) in [5, 5.41) is 21.3. The second-order valence-electron chi connectivity index (χ2n) is 6.31. The molecule has 2 heterocycles. The predicted octanol–water partition coefficient (Wildman–Crippen LogP) is -0.183. The maximum absolute atomic E-state index is 12.0. The number of aliphatic hydroxyl groups is 1. The highest BCUT2D eigenvalue weighted by Crippen LogP contribution is 2.29. The van der Waals surface area contributed by atoms with Crippen LogP contribution >= 0.6 is 0 Å². The summed E-state index contributed by atoms with van der Waals surface area (Å²) in [6.07, 6.45) is 2.59. The van der Waals surface area contributed by atoms with Crippen molar-refractivity contribution < 1.29 is 19.4 Å². The van der Waals surface area contributed by atoms with Gasteiger partial charge in [0.2, 0.25) is 5.91 Å². The van der Waals surface area contributed by atoms with Gasteiger partial charge < -0.3 is 19.9 Å². The number of nitrogens with one attached hydrogen (secondary N) is 1. The van der Waals surface area contributed by atoms with Crippen LogP contribution in [0.2, 0.25) is 0 Å². The average Bonchev–Trinajstić information content (AvgIpc) is 2.87. The Hall–Kier alpha value is -1.51. The van der Waals surface area contributed by atoms with E-state index in [-0.39, 0.29) is 12.5 Å². The number of methoxy groups -OCH3 is 1. The van der Waals surface area contributed by atoms with E-state index in [2.05, 4.69) is 15.6 Å². The van der Waals surface area contributed by atoms with E-state index in [0.717, 1.165) is 0 Å². The van der Waals surface area contributed by atoms with E-state index in [0.29, 0.717) is 38.4 Å². The summed E-state index contributed by atoms with van der Waals surface area (Å²) in [6, 6.07) is 0. The third-order valence-corrected chi connectivity index (χ3v) is 3.62. The molecule has 1 aromatic rings. The van der Waals surface area contributed by atoms with E-state index in [1.54, 1.807) is 13.3 Å². The molecule has 1 aliphatic heterocycles. The maximum atomic E-state index is 12.0. The first-order valence-electron chi connectivity index (χ1n) is 7.35. The smallest absolute Gasteiger partial charge is 0.242 e. The minimum atomic E-state index is -1.01. The van der Waals surface area contributed by atoms with Gasteiger partial charge in [-0.15, -0.1) is 5.10 Å². The molecule has 0 spiro atoms. The van der Waals surface area contributed by atoms with Crippen molar-refractivity contribution in [3.05, 3.63) is 11.9 Å². The monoisotopic (exact) mass is 312 g/mol. The standard InChI is InChI=1S/C14H24N4O4/c1-13(2,10-21-3)15-12(19)9-18-8-11(16-17-18)14(20)4-6-22-7-5-14/h8,20H,4-7,9-10H2,1-3H3,(H,15,19). The van der Waals surface area contributed by atoms with Crippen LogP contribution < -0.4 is 5.32 Å². The molecule has 8 heteroatoms. The first-order valence-corrected chi connectivity index (χ1v) is 7.35. The Morgan fingerprint density at radius 3 is 2.86 bits per heavy atom. The molecule has 0 unspecified atom stereocenters. The minimum Gasteiger partial charge on any atom is -0.383 e. The predicted molar refractivity (Wildman–Crippen MR) is 78.1 cm³/mol. The summed E-state index contributed by atoms with van der Waals surface area (Å²) < 4.78 is 11.7. The normalized spacial score (nSPS) is 18.2. The molecular weight excluding hydrogens is 288 g/mol. The van der Waals surface area contributed by atoms with Gasteiger partial charge in [0.25, 0.3) is 0 Å². The van der Waals surface area contributed by atoms with Gasteiger partial charge in [0.05, 0.1) is 18.3 Å². The van der Waals surface area contributed by atoms with Crippen molar-refractivity contribution in [2.75, 3.05) is 26.9 Å². The fraction of sp³-hybridized carbons (Fsp3) is 0.786. The van der Waals surface area contributed by atoms with Gasteiger partial charge in [-0.25, -0.2) is 4.68 Å². The van der Waals surface area contributed by atoms with Gasteiger partial charge in [-0.1, -0.05) is 5.21 Å². The Morgan fingerprint density at radius 1 is 1.55 bits per heavy atom. The van der Waals surface area contributed by atoms with Crippen LogP contribution in [0.3, 0.4) is 0 Å². The van der Waals surface area contributed by atoms with Crippen LogP contribution in [0, 0.1) is 0 Å². The Bertz CT molecular complexity index is 509.